The first-order valence-electron chi connectivity index (χ1n) is 10.5. The van der Waals surface area contributed by atoms with Crippen molar-refractivity contribution in [3.63, 3.8) is 0 Å². The van der Waals surface area contributed by atoms with E-state index in [1.807, 2.05) is 27.7 Å². The van der Waals surface area contributed by atoms with Crippen molar-refractivity contribution in [3.05, 3.63) is 34.2 Å². The highest BCUT2D eigenvalue weighted by atomic mass is 16.3. The van der Waals surface area contributed by atoms with Crippen molar-refractivity contribution < 1.29 is 9.59 Å². The second kappa shape index (κ2) is 8.86. The number of rotatable bonds is 7. The van der Waals surface area contributed by atoms with E-state index in [0.29, 0.717) is 0 Å². The fraction of sp³-hybridized carbons (Fsp3) is 0.667. The maximum absolute atomic E-state index is 12.9. The maximum Gasteiger partial charge on any atom is 0.251 e. The molecule has 168 valence electrons. The Bertz CT molecular complexity index is 737. The van der Waals surface area contributed by atoms with E-state index >= 15 is 0 Å². The van der Waals surface area contributed by atoms with Crippen LogP contribution in [0.3, 0.4) is 0 Å². The van der Waals surface area contributed by atoms with E-state index in [2.05, 4.69) is 57.4 Å². The monoisotopic (exact) mass is 417 g/mol. The van der Waals surface area contributed by atoms with Gasteiger partial charge in [-0.2, -0.15) is 0 Å². The average molecular weight is 418 g/mol. The molecule has 2 amide bonds. The molecule has 0 aromatic heterocycles. The molecule has 0 saturated carbocycles. The molecule has 0 aliphatic rings. The third-order valence-corrected chi connectivity index (χ3v) is 4.40. The van der Waals surface area contributed by atoms with Gasteiger partial charge in [-0.1, -0.05) is 41.5 Å². The molecule has 1 rings (SSSR count). The van der Waals surface area contributed by atoms with Crippen LogP contribution in [-0.4, -0.2) is 22.9 Å². The molecular formula is C24H39N3O3. The fourth-order valence-electron chi connectivity index (χ4n) is 4.43. The lowest BCUT2D eigenvalue weighted by Crippen LogP contribution is -2.46. The molecule has 2 N–H and O–H groups in total. The SMILES string of the molecule is CC(C)(C)CC(C)(C)NC(=O)c1cc(N=O)cc(C(=O)NC(C)(C)CC(C)(C)C)c1. The summed E-state index contributed by atoms with van der Waals surface area (Å²) < 4.78 is 0. The number of benzene rings is 1. The minimum absolute atomic E-state index is 0.0344. The number of carbonyl (C=O) groups excluding carboxylic acids is 2. The van der Waals surface area contributed by atoms with Gasteiger partial charge in [0.2, 0.25) is 0 Å². The molecule has 0 saturated heterocycles. The number of nitrogens with one attached hydrogen (secondary N) is 2. The molecule has 1 aromatic rings. The van der Waals surface area contributed by atoms with Crippen LogP contribution in [-0.2, 0) is 0 Å². The van der Waals surface area contributed by atoms with Crippen molar-refractivity contribution in [1.82, 2.24) is 10.6 Å². The minimum Gasteiger partial charge on any atom is -0.347 e. The number of amides is 2. The summed E-state index contributed by atoms with van der Waals surface area (Å²) in [6, 6.07) is 4.33. The largest absolute Gasteiger partial charge is 0.347 e. The zero-order chi connectivity index (χ0) is 23.5. The smallest absolute Gasteiger partial charge is 0.251 e. The van der Waals surface area contributed by atoms with E-state index in [-0.39, 0.29) is 39.5 Å². The number of nitrogens with zero attached hydrogens (tertiary/aromatic N) is 1. The molecule has 0 aliphatic carbocycles. The van der Waals surface area contributed by atoms with Crippen molar-refractivity contribution in [3.8, 4) is 0 Å². The molecule has 0 spiro atoms. The third-order valence-electron chi connectivity index (χ3n) is 4.40. The van der Waals surface area contributed by atoms with Crippen LogP contribution in [0, 0.1) is 15.7 Å². The van der Waals surface area contributed by atoms with Gasteiger partial charge in [0.25, 0.3) is 11.8 Å². The Kier molecular flexibility index (Phi) is 7.62. The van der Waals surface area contributed by atoms with E-state index in [4.69, 9.17) is 0 Å². The molecule has 0 aliphatic heterocycles. The van der Waals surface area contributed by atoms with E-state index in [1.54, 1.807) is 0 Å². The summed E-state index contributed by atoms with van der Waals surface area (Å²) in [6.07, 6.45) is 1.54. The van der Waals surface area contributed by atoms with Crippen LogP contribution >= 0.6 is 0 Å². The van der Waals surface area contributed by atoms with Crippen LogP contribution in [0.25, 0.3) is 0 Å². The van der Waals surface area contributed by atoms with Crippen molar-refractivity contribution in [2.24, 2.45) is 16.0 Å². The highest BCUT2D eigenvalue weighted by Gasteiger charge is 2.29. The van der Waals surface area contributed by atoms with Crippen LogP contribution in [0.4, 0.5) is 5.69 Å². The predicted octanol–water partition coefficient (Wildman–Crippen LogP) is 5.97. The summed E-state index contributed by atoms with van der Waals surface area (Å²) in [4.78, 5) is 36.9. The van der Waals surface area contributed by atoms with Gasteiger partial charge in [0.1, 0.15) is 5.69 Å². The van der Waals surface area contributed by atoms with Crippen molar-refractivity contribution in [1.29, 1.82) is 0 Å². The summed E-state index contributed by atoms with van der Waals surface area (Å²) in [5, 5.41) is 8.98. The fourth-order valence-corrected chi connectivity index (χ4v) is 4.43. The Labute approximate surface area is 181 Å². The van der Waals surface area contributed by atoms with Gasteiger partial charge < -0.3 is 10.6 Å². The van der Waals surface area contributed by atoms with Gasteiger partial charge in [-0.15, -0.1) is 4.91 Å². The normalized spacial score (nSPS) is 13.0. The molecule has 0 unspecified atom stereocenters. The Morgan fingerprint density at radius 2 is 1.03 bits per heavy atom. The molecule has 0 radical (unpaired) electrons. The quantitative estimate of drug-likeness (QED) is 0.535. The molecule has 1 aromatic carbocycles. The first-order valence-corrected chi connectivity index (χ1v) is 10.5. The lowest BCUT2D eigenvalue weighted by Gasteiger charge is -2.33. The highest BCUT2D eigenvalue weighted by Crippen LogP contribution is 2.29. The second-order valence-corrected chi connectivity index (χ2v) is 12.0. The molecule has 0 atom stereocenters. The zero-order valence-electron chi connectivity index (χ0n) is 20.3. The number of hydrogen-bond acceptors (Lipinski definition) is 4. The maximum atomic E-state index is 12.9. The lowest BCUT2D eigenvalue weighted by atomic mass is 9.81. The van der Waals surface area contributed by atoms with Crippen LogP contribution in [0.15, 0.2) is 23.4 Å². The van der Waals surface area contributed by atoms with E-state index in [0.717, 1.165) is 12.8 Å². The van der Waals surface area contributed by atoms with Gasteiger partial charge in [0.15, 0.2) is 0 Å². The Morgan fingerprint density at radius 1 is 0.700 bits per heavy atom. The summed E-state index contributed by atoms with van der Waals surface area (Å²) >= 11 is 0. The molecule has 0 heterocycles. The predicted molar refractivity (Wildman–Crippen MR) is 123 cm³/mol. The molecule has 0 bridgehead atoms. The minimum atomic E-state index is -0.447. The third kappa shape index (κ3) is 9.06. The van der Waals surface area contributed by atoms with E-state index in [9.17, 15) is 14.5 Å². The summed E-state index contributed by atoms with van der Waals surface area (Å²) in [5.41, 5.74) is -0.288. The highest BCUT2D eigenvalue weighted by molar-refractivity contribution is 6.01. The van der Waals surface area contributed by atoms with Gasteiger partial charge in [0, 0.05) is 22.2 Å². The molecule has 6 heteroatoms. The standard InChI is InChI=1S/C24H39N3O3/c1-21(2,3)14-23(7,8)25-19(28)16-11-17(13-18(12-16)27-30)20(29)26-24(9,10)15-22(4,5)6/h11-13H,14-15H2,1-10H3,(H,25,28)(H,26,29). The van der Waals surface area contributed by atoms with Crippen LogP contribution in [0.5, 0.6) is 0 Å². The second-order valence-electron chi connectivity index (χ2n) is 12.0. The molecular weight excluding hydrogens is 378 g/mol. The average Bonchev–Trinajstić information content (AvgIpc) is 2.48. The summed E-state index contributed by atoms with van der Waals surface area (Å²) in [5.74, 6) is -0.671. The Hall–Kier alpha value is -2.24. The van der Waals surface area contributed by atoms with Crippen molar-refractivity contribution in [2.75, 3.05) is 0 Å². The van der Waals surface area contributed by atoms with E-state index < -0.39 is 11.1 Å². The molecule has 30 heavy (non-hydrogen) atoms. The first-order chi connectivity index (χ1) is 13.3. The van der Waals surface area contributed by atoms with Crippen molar-refractivity contribution >= 4 is 17.5 Å². The number of nitroso groups, excluding NO2 is 1. The summed E-state index contributed by atoms with van der Waals surface area (Å²) in [6.45, 7) is 20.5. The van der Waals surface area contributed by atoms with Gasteiger partial charge >= 0.3 is 0 Å². The number of hydrogen-bond donors (Lipinski definition) is 2. The number of carbonyl (C=O) groups is 2. The Morgan fingerprint density at radius 3 is 1.30 bits per heavy atom. The molecule has 0 fully saturated rings. The van der Waals surface area contributed by atoms with E-state index in [1.165, 1.54) is 18.2 Å². The van der Waals surface area contributed by atoms with Gasteiger partial charge in [0.05, 0.1) is 0 Å². The van der Waals surface area contributed by atoms with Gasteiger partial charge in [-0.05, 0) is 74.7 Å². The zero-order valence-corrected chi connectivity index (χ0v) is 20.3. The summed E-state index contributed by atoms with van der Waals surface area (Å²) in [7, 11) is 0. The topological polar surface area (TPSA) is 87.6 Å². The Balaban J connectivity index is 3.13. The van der Waals surface area contributed by atoms with Gasteiger partial charge in [-0.25, -0.2) is 0 Å². The van der Waals surface area contributed by atoms with Crippen LogP contribution in [0.1, 0.15) is 103 Å². The van der Waals surface area contributed by atoms with Crippen molar-refractivity contribution in [2.45, 2.75) is 93.2 Å². The van der Waals surface area contributed by atoms with Crippen LogP contribution in [0.2, 0.25) is 0 Å². The first kappa shape index (κ1) is 25.8. The van der Waals surface area contributed by atoms with Crippen LogP contribution < -0.4 is 10.6 Å². The molecule has 6 nitrogen and oxygen atoms in total. The lowest BCUT2D eigenvalue weighted by molar-refractivity contribution is 0.0888. The van der Waals surface area contributed by atoms with Gasteiger partial charge in [-0.3, -0.25) is 9.59 Å².